The van der Waals surface area contributed by atoms with Crippen molar-refractivity contribution < 1.29 is 19.0 Å². The molecule has 7 heteroatoms. The van der Waals surface area contributed by atoms with Crippen molar-refractivity contribution >= 4 is 5.96 Å². The van der Waals surface area contributed by atoms with Gasteiger partial charge in [-0.3, -0.25) is 4.99 Å². The lowest BCUT2D eigenvalue weighted by Gasteiger charge is -2.27. The first kappa shape index (κ1) is 17.2. The lowest BCUT2D eigenvalue weighted by Crippen LogP contribution is -2.45. The number of rotatable bonds is 6. The third kappa shape index (κ3) is 4.67. The van der Waals surface area contributed by atoms with E-state index in [1.54, 1.807) is 12.1 Å². The maximum Gasteiger partial charge on any atom is 0.191 e. The summed E-state index contributed by atoms with van der Waals surface area (Å²) in [6.07, 6.45) is 0.643. The highest BCUT2D eigenvalue weighted by Gasteiger charge is 2.20. The summed E-state index contributed by atoms with van der Waals surface area (Å²) in [6, 6.07) is 11.1. The molecule has 1 aliphatic rings. The predicted molar refractivity (Wildman–Crippen MR) is 94.0 cm³/mol. The molecule has 0 spiro atoms. The third-order valence-corrected chi connectivity index (χ3v) is 3.70. The molecule has 0 saturated heterocycles. The van der Waals surface area contributed by atoms with E-state index in [2.05, 4.69) is 15.6 Å². The van der Waals surface area contributed by atoms with Gasteiger partial charge in [0.05, 0.1) is 19.4 Å². The van der Waals surface area contributed by atoms with Crippen LogP contribution in [0.5, 0.6) is 11.5 Å². The van der Waals surface area contributed by atoms with E-state index in [0.29, 0.717) is 31.4 Å². The Bertz CT molecular complexity index is 687. The Kier molecular flexibility index (Phi) is 5.79. The van der Waals surface area contributed by atoms with Crippen molar-refractivity contribution in [2.24, 2.45) is 4.99 Å². The number of ether oxygens (including phenoxy) is 2. The van der Waals surface area contributed by atoms with Crippen molar-refractivity contribution in [2.75, 3.05) is 26.2 Å². The SMILES string of the molecule is CCNC(=NCC(O)c1ccco1)NCC1COc2ccccc2O1. The Morgan fingerprint density at radius 2 is 2.08 bits per heavy atom. The monoisotopic (exact) mass is 345 g/mol. The molecule has 25 heavy (non-hydrogen) atoms. The van der Waals surface area contributed by atoms with Gasteiger partial charge in [0.25, 0.3) is 0 Å². The van der Waals surface area contributed by atoms with E-state index in [4.69, 9.17) is 13.9 Å². The van der Waals surface area contributed by atoms with Gasteiger partial charge >= 0.3 is 0 Å². The van der Waals surface area contributed by atoms with Crippen molar-refractivity contribution in [3.8, 4) is 11.5 Å². The van der Waals surface area contributed by atoms with Crippen molar-refractivity contribution in [1.29, 1.82) is 0 Å². The van der Waals surface area contributed by atoms with E-state index in [1.807, 2.05) is 31.2 Å². The largest absolute Gasteiger partial charge is 0.486 e. The summed E-state index contributed by atoms with van der Waals surface area (Å²) in [6.45, 7) is 3.91. The molecule has 2 atom stereocenters. The van der Waals surface area contributed by atoms with E-state index >= 15 is 0 Å². The highest BCUT2D eigenvalue weighted by molar-refractivity contribution is 5.79. The van der Waals surface area contributed by atoms with Crippen LogP contribution in [0.25, 0.3) is 0 Å². The zero-order valence-corrected chi connectivity index (χ0v) is 14.1. The first-order valence-electron chi connectivity index (χ1n) is 8.38. The number of aliphatic hydroxyl groups is 1. The highest BCUT2D eigenvalue weighted by atomic mass is 16.6. The number of fused-ring (bicyclic) bond motifs is 1. The quantitative estimate of drug-likeness (QED) is 0.546. The second kappa shape index (κ2) is 8.43. The van der Waals surface area contributed by atoms with Crippen LogP contribution in [0.2, 0.25) is 0 Å². The van der Waals surface area contributed by atoms with Crippen LogP contribution in [0, 0.1) is 0 Å². The van der Waals surface area contributed by atoms with Gasteiger partial charge in [-0.15, -0.1) is 0 Å². The third-order valence-electron chi connectivity index (χ3n) is 3.70. The van der Waals surface area contributed by atoms with E-state index in [-0.39, 0.29) is 12.6 Å². The van der Waals surface area contributed by atoms with Crippen LogP contribution in [0.15, 0.2) is 52.1 Å². The van der Waals surface area contributed by atoms with Crippen LogP contribution in [-0.4, -0.2) is 43.4 Å². The van der Waals surface area contributed by atoms with Gasteiger partial charge in [-0.2, -0.15) is 0 Å². The van der Waals surface area contributed by atoms with Gasteiger partial charge in [-0.05, 0) is 31.2 Å². The zero-order chi connectivity index (χ0) is 17.5. The second-order valence-electron chi connectivity index (χ2n) is 5.63. The smallest absolute Gasteiger partial charge is 0.191 e. The molecule has 134 valence electrons. The average molecular weight is 345 g/mol. The number of hydrogen-bond donors (Lipinski definition) is 3. The zero-order valence-electron chi connectivity index (χ0n) is 14.1. The van der Waals surface area contributed by atoms with Gasteiger partial charge in [0.1, 0.15) is 24.6 Å². The molecule has 2 heterocycles. The molecular formula is C18H23N3O4. The van der Waals surface area contributed by atoms with Gasteiger partial charge in [-0.1, -0.05) is 12.1 Å². The standard InChI is InChI=1S/C18H23N3O4/c1-2-19-18(21-11-14(22)15-8-5-9-23-15)20-10-13-12-24-16-6-3-4-7-17(16)25-13/h3-9,13-14,22H,2,10-12H2,1H3,(H2,19,20,21). The van der Waals surface area contributed by atoms with E-state index in [1.165, 1.54) is 6.26 Å². The Labute approximate surface area is 146 Å². The van der Waals surface area contributed by atoms with E-state index in [0.717, 1.165) is 11.5 Å². The minimum absolute atomic E-state index is 0.117. The molecule has 3 rings (SSSR count). The van der Waals surface area contributed by atoms with Crippen LogP contribution in [-0.2, 0) is 0 Å². The van der Waals surface area contributed by atoms with Crippen molar-refractivity contribution in [1.82, 2.24) is 10.6 Å². The Morgan fingerprint density at radius 3 is 2.84 bits per heavy atom. The van der Waals surface area contributed by atoms with Crippen molar-refractivity contribution in [2.45, 2.75) is 19.1 Å². The minimum Gasteiger partial charge on any atom is -0.486 e. The summed E-state index contributed by atoms with van der Waals surface area (Å²) in [5.74, 6) is 2.62. The van der Waals surface area contributed by atoms with Crippen LogP contribution >= 0.6 is 0 Å². The van der Waals surface area contributed by atoms with Crippen molar-refractivity contribution in [3.63, 3.8) is 0 Å². The lowest BCUT2D eigenvalue weighted by atomic mass is 10.2. The van der Waals surface area contributed by atoms with Crippen LogP contribution in [0.4, 0.5) is 0 Å². The molecule has 2 aromatic rings. The first-order valence-corrected chi connectivity index (χ1v) is 8.38. The van der Waals surface area contributed by atoms with Crippen LogP contribution in [0.3, 0.4) is 0 Å². The summed E-state index contributed by atoms with van der Waals surface area (Å²) < 4.78 is 16.8. The summed E-state index contributed by atoms with van der Waals surface area (Å²) in [7, 11) is 0. The van der Waals surface area contributed by atoms with Gasteiger partial charge in [-0.25, -0.2) is 0 Å². The molecule has 0 amide bonds. The minimum atomic E-state index is -0.772. The number of hydrogen-bond acceptors (Lipinski definition) is 5. The number of furan rings is 1. The second-order valence-corrected chi connectivity index (χ2v) is 5.63. The van der Waals surface area contributed by atoms with E-state index in [9.17, 15) is 5.11 Å². The van der Waals surface area contributed by atoms with Gasteiger partial charge < -0.3 is 29.6 Å². The molecule has 0 fully saturated rings. The lowest BCUT2D eigenvalue weighted by molar-refractivity contribution is 0.0935. The molecule has 1 aromatic heterocycles. The highest BCUT2D eigenvalue weighted by Crippen LogP contribution is 2.30. The molecule has 1 aliphatic heterocycles. The number of guanidine groups is 1. The van der Waals surface area contributed by atoms with Crippen LogP contribution in [0.1, 0.15) is 18.8 Å². The summed E-state index contributed by atoms with van der Waals surface area (Å²) in [5, 5.41) is 16.4. The fourth-order valence-electron chi connectivity index (χ4n) is 2.46. The average Bonchev–Trinajstić information content (AvgIpc) is 3.18. The molecule has 0 radical (unpaired) electrons. The number of benzene rings is 1. The van der Waals surface area contributed by atoms with Gasteiger partial charge in [0.2, 0.25) is 0 Å². The molecular weight excluding hydrogens is 322 g/mol. The molecule has 3 N–H and O–H groups in total. The van der Waals surface area contributed by atoms with Gasteiger partial charge in [0, 0.05) is 6.54 Å². The maximum absolute atomic E-state index is 10.1. The Morgan fingerprint density at radius 1 is 1.24 bits per heavy atom. The number of aliphatic imine (C=N–C) groups is 1. The summed E-state index contributed by atoms with van der Waals surface area (Å²) in [4.78, 5) is 4.39. The number of nitrogens with one attached hydrogen (secondary N) is 2. The fraction of sp³-hybridized carbons (Fsp3) is 0.389. The molecule has 0 aliphatic carbocycles. The fourth-order valence-corrected chi connectivity index (χ4v) is 2.46. The Balaban J connectivity index is 1.53. The molecule has 2 unspecified atom stereocenters. The first-order chi connectivity index (χ1) is 12.3. The molecule has 0 bridgehead atoms. The number of para-hydroxylation sites is 2. The maximum atomic E-state index is 10.1. The Hall–Kier alpha value is -2.67. The number of aliphatic hydroxyl groups excluding tert-OH is 1. The predicted octanol–water partition coefficient (Wildman–Crippen LogP) is 1.71. The summed E-state index contributed by atoms with van der Waals surface area (Å²) >= 11 is 0. The van der Waals surface area contributed by atoms with E-state index < -0.39 is 6.10 Å². The number of nitrogens with zero attached hydrogens (tertiary/aromatic N) is 1. The molecule has 7 nitrogen and oxygen atoms in total. The normalized spacial score (nSPS) is 17.8. The molecule has 0 saturated carbocycles. The van der Waals surface area contributed by atoms with Gasteiger partial charge in [0.15, 0.2) is 17.5 Å². The molecule has 1 aromatic carbocycles. The summed E-state index contributed by atoms with van der Waals surface area (Å²) in [5.41, 5.74) is 0. The van der Waals surface area contributed by atoms with Crippen molar-refractivity contribution in [3.05, 3.63) is 48.4 Å². The topological polar surface area (TPSA) is 88.3 Å². The van der Waals surface area contributed by atoms with Crippen LogP contribution < -0.4 is 20.1 Å².